The first-order valence-electron chi connectivity index (χ1n) is 5.69. The summed E-state index contributed by atoms with van der Waals surface area (Å²) in [6.07, 6.45) is 6.48. The number of carbonyl (C=O) groups excluding carboxylic acids is 1. The minimum absolute atomic E-state index is 0.0251. The van der Waals surface area contributed by atoms with Crippen LogP contribution in [0.5, 0.6) is 0 Å². The summed E-state index contributed by atoms with van der Waals surface area (Å²) in [5.74, 6) is 0.517. The van der Waals surface area contributed by atoms with E-state index in [0.717, 1.165) is 25.8 Å². The minimum atomic E-state index is -0.0251. The molecule has 1 aromatic heterocycles. The van der Waals surface area contributed by atoms with E-state index >= 15 is 0 Å². The van der Waals surface area contributed by atoms with Crippen LogP contribution in [0.3, 0.4) is 0 Å². The number of hydrogen-bond donors (Lipinski definition) is 2. The molecule has 16 heavy (non-hydrogen) atoms. The first-order valence-corrected chi connectivity index (χ1v) is 5.69. The molecule has 0 saturated heterocycles. The molecule has 3 N–H and O–H groups in total. The van der Waals surface area contributed by atoms with E-state index in [4.69, 9.17) is 5.73 Å². The Morgan fingerprint density at radius 2 is 2.19 bits per heavy atom. The highest BCUT2D eigenvalue weighted by Gasteiger charge is 2.21. The normalized spacial score (nSPS) is 24.3. The molecule has 2 rings (SSSR count). The molecule has 0 spiro atoms. The van der Waals surface area contributed by atoms with Crippen molar-refractivity contribution in [2.45, 2.75) is 25.3 Å². The average molecular weight is 219 g/mol. The highest BCUT2D eigenvalue weighted by atomic mass is 16.1. The lowest BCUT2D eigenvalue weighted by atomic mass is 10.1. The van der Waals surface area contributed by atoms with E-state index in [1.54, 1.807) is 24.5 Å². The van der Waals surface area contributed by atoms with Gasteiger partial charge in [0.1, 0.15) is 0 Å². The molecule has 1 aliphatic rings. The summed E-state index contributed by atoms with van der Waals surface area (Å²) in [6.45, 7) is 0.731. The molecule has 1 aliphatic carbocycles. The Bertz CT molecular complexity index is 353. The molecule has 4 nitrogen and oxygen atoms in total. The van der Waals surface area contributed by atoms with Gasteiger partial charge in [0, 0.05) is 30.5 Å². The van der Waals surface area contributed by atoms with Gasteiger partial charge in [0.2, 0.25) is 0 Å². The highest BCUT2D eigenvalue weighted by molar-refractivity contribution is 5.93. The molecule has 1 aromatic rings. The maximum atomic E-state index is 11.7. The van der Waals surface area contributed by atoms with Gasteiger partial charge < -0.3 is 11.1 Å². The monoisotopic (exact) mass is 219 g/mol. The maximum absolute atomic E-state index is 11.7. The van der Waals surface area contributed by atoms with Crippen LogP contribution in [-0.4, -0.2) is 23.5 Å². The van der Waals surface area contributed by atoms with Gasteiger partial charge in [-0.05, 0) is 37.3 Å². The number of nitrogens with one attached hydrogen (secondary N) is 1. The van der Waals surface area contributed by atoms with Crippen molar-refractivity contribution in [3.05, 3.63) is 30.1 Å². The van der Waals surface area contributed by atoms with E-state index in [0.29, 0.717) is 17.5 Å². The van der Waals surface area contributed by atoms with Gasteiger partial charge in [0.15, 0.2) is 0 Å². The highest BCUT2D eigenvalue weighted by Crippen LogP contribution is 2.23. The van der Waals surface area contributed by atoms with Crippen LogP contribution in [0.25, 0.3) is 0 Å². The molecule has 1 saturated carbocycles. The van der Waals surface area contributed by atoms with Crippen molar-refractivity contribution >= 4 is 5.91 Å². The number of pyridine rings is 1. The standard InChI is InChI=1S/C12H17N3O/c13-11-2-1-9(7-11)8-15-12(16)10-3-5-14-6-4-10/h3-6,9,11H,1-2,7-8,13H2,(H,15,16). The molecule has 2 unspecified atom stereocenters. The third kappa shape index (κ3) is 2.79. The van der Waals surface area contributed by atoms with E-state index < -0.39 is 0 Å². The number of nitrogens with zero attached hydrogens (tertiary/aromatic N) is 1. The third-order valence-corrected chi connectivity index (χ3v) is 3.08. The third-order valence-electron chi connectivity index (χ3n) is 3.08. The van der Waals surface area contributed by atoms with Crippen LogP contribution in [0, 0.1) is 5.92 Å². The van der Waals surface area contributed by atoms with Crippen LogP contribution < -0.4 is 11.1 Å². The van der Waals surface area contributed by atoms with Gasteiger partial charge in [-0.15, -0.1) is 0 Å². The van der Waals surface area contributed by atoms with Crippen molar-refractivity contribution < 1.29 is 4.79 Å². The molecule has 86 valence electrons. The summed E-state index contributed by atoms with van der Waals surface area (Å²) in [4.78, 5) is 15.6. The molecular formula is C12H17N3O. The summed E-state index contributed by atoms with van der Waals surface area (Å²) >= 11 is 0. The predicted molar refractivity (Wildman–Crippen MR) is 61.9 cm³/mol. The second-order valence-electron chi connectivity index (χ2n) is 4.39. The lowest BCUT2D eigenvalue weighted by molar-refractivity contribution is 0.0947. The smallest absolute Gasteiger partial charge is 0.251 e. The first kappa shape index (κ1) is 11.1. The van der Waals surface area contributed by atoms with Crippen LogP contribution >= 0.6 is 0 Å². The zero-order chi connectivity index (χ0) is 11.4. The molecule has 1 heterocycles. The van der Waals surface area contributed by atoms with Crippen LogP contribution in [-0.2, 0) is 0 Å². The average Bonchev–Trinajstić information content (AvgIpc) is 2.73. The minimum Gasteiger partial charge on any atom is -0.352 e. The number of hydrogen-bond acceptors (Lipinski definition) is 3. The maximum Gasteiger partial charge on any atom is 0.251 e. The summed E-state index contributed by atoms with van der Waals surface area (Å²) in [5, 5.41) is 2.94. The molecule has 1 amide bonds. The SMILES string of the molecule is NC1CCC(CNC(=O)c2ccncc2)C1. The van der Waals surface area contributed by atoms with E-state index in [-0.39, 0.29) is 5.91 Å². The number of amides is 1. The Hall–Kier alpha value is -1.42. The lowest BCUT2D eigenvalue weighted by Gasteiger charge is -2.10. The van der Waals surface area contributed by atoms with E-state index in [2.05, 4.69) is 10.3 Å². The molecule has 0 radical (unpaired) electrons. The molecule has 4 heteroatoms. The topological polar surface area (TPSA) is 68.0 Å². The molecule has 0 bridgehead atoms. The van der Waals surface area contributed by atoms with Crippen molar-refractivity contribution in [3.63, 3.8) is 0 Å². The van der Waals surface area contributed by atoms with Gasteiger partial charge in [-0.1, -0.05) is 0 Å². The Labute approximate surface area is 95.3 Å². The summed E-state index contributed by atoms with van der Waals surface area (Å²) in [6, 6.07) is 3.76. The van der Waals surface area contributed by atoms with Crippen molar-refractivity contribution in [3.8, 4) is 0 Å². The summed E-state index contributed by atoms with van der Waals surface area (Å²) in [7, 11) is 0. The Balaban J connectivity index is 1.80. The largest absolute Gasteiger partial charge is 0.352 e. The van der Waals surface area contributed by atoms with Crippen molar-refractivity contribution in [1.29, 1.82) is 0 Å². The molecule has 1 fully saturated rings. The van der Waals surface area contributed by atoms with Gasteiger partial charge in [-0.3, -0.25) is 9.78 Å². The van der Waals surface area contributed by atoms with Crippen molar-refractivity contribution in [2.75, 3.05) is 6.54 Å². The van der Waals surface area contributed by atoms with Gasteiger partial charge >= 0.3 is 0 Å². The van der Waals surface area contributed by atoms with E-state index in [1.165, 1.54) is 0 Å². The first-order chi connectivity index (χ1) is 7.75. The molecule has 2 atom stereocenters. The number of rotatable bonds is 3. The molecular weight excluding hydrogens is 202 g/mol. The van der Waals surface area contributed by atoms with Crippen LogP contribution in [0.2, 0.25) is 0 Å². The number of carbonyl (C=O) groups is 1. The van der Waals surface area contributed by atoms with Crippen LogP contribution in [0.4, 0.5) is 0 Å². The van der Waals surface area contributed by atoms with Crippen molar-refractivity contribution in [1.82, 2.24) is 10.3 Å². The van der Waals surface area contributed by atoms with E-state index in [9.17, 15) is 4.79 Å². The molecule has 0 aliphatic heterocycles. The van der Waals surface area contributed by atoms with Gasteiger partial charge in [-0.2, -0.15) is 0 Å². The fraction of sp³-hybridized carbons (Fsp3) is 0.500. The number of aromatic nitrogens is 1. The summed E-state index contributed by atoms with van der Waals surface area (Å²) < 4.78 is 0. The lowest BCUT2D eigenvalue weighted by Crippen LogP contribution is -2.29. The summed E-state index contributed by atoms with van der Waals surface area (Å²) in [5.41, 5.74) is 6.49. The number of nitrogens with two attached hydrogens (primary N) is 1. The fourth-order valence-electron chi connectivity index (χ4n) is 2.14. The van der Waals surface area contributed by atoms with Crippen LogP contribution in [0.15, 0.2) is 24.5 Å². The molecule has 0 aromatic carbocycles. The Morgan fingerprint density at radius 3 is 2.81 bits per heavy atom. The Morgan fingerprint density at radius 1 is 1.44 bits per heavy atom. The van der Waals surface area contributed by atoms with Crippen LogP contribution in [0.1, 0.15) is 29.6 Å². The van der Waals surface area contributed by atoms with Gasteiger partial charge in [0.25, 0.3) is 5.91 Å². The predicted octanol–water partition coefficient (Wildman–Crippen LogP) is 0.939. The second-order valence-corrected chi connectivity index (χ2v) is 4.39. The van der Waals surface area contributed by atoms with Crippen molar-refractivity contribution in [2.24, 2.45) is 11.7 Å². The zero-order valence-corrected chi connectivity index (χ0v) is 9.23. The Kier molecular flexibility index (Phi) is 3.51. The van der Waals surface area contributed by atoms with Gasteiger partial charge in [-0.25, -0.2) is 0 Å². The zero-order valence-electron chi connectivity index (χ0n) is 9.23. The fourth-order valence-corrected chi connectivity index (χ4v) is 2.14. The quantitative estimate of drug-likeness (QED) is 0.795. The second kappa shape index (κ2) is 5.07. The van der Waals surface area contributed by atoms with Gasteiger partial charge in [0.05, 0.1) is 0 Å². The van der Waals surface area contributed by atoms with E-state index in [1.807, 2.05) is 0 Å².